The summed E-state index contributed by atoms with van der Waals surface area (Å²) in [7, 11) is 0. The van der Waals surface area contributed by atoms with E-state index in [1.54, 1.807) is 24.4 Å². The van der Waals surface area contributed by atoms with Crippen molar-refractivity contribution in [2.45, 2.75) is 26.8 Å². The third-order valence-corrected chi connectivity index (χ3v) is 5.55. The van der Waals surface area contributed by atoms with Gasteiger partial charge in [0.25, 0.3) is 11.5 Å². The van der Waals surface area contributed by atoms with E-state index in [2.05, 4.69) is 17.2 Å². The lowest BCUT2D eigenvalue weighted by atomic mass is 10.1. The van der Waals surface area contributed by atoms with Gasteiger partial charge in [0.15, 0.2) is 0 Å². The zero-order valence-electron chi connectivity index (χ0n) is 19.5. The number of ether oxygens (including phenoxy) is 1. The summed E-state index contributed by atoms with van der Waals surface area (Å²) >= 11 is 0. The lowest BCUT2D eigenvalue weighted by molar-refractivity contribution is -0.117. The highest BCUT2D eigenvalue weighted by Gasteiger charge is 2.18. The van der Waals surface area contributed by atoms with Crippen LogP contribution in [-0.4, -0.2) is 15.3 Å². The molecule has 4 aromatic rings. The van der Waals surface area contributed by atoms with E-state index >= 15 is 0 Å². The Kier molecular flexibility index (Phi) is 7.03. The van der Waals surface area contributed by atoms with Gasteiger partial charge in [0.05, 0.1) is 0 Å². The molecule has 0 unspecified atom stereocenters. The molecule has 7 heteroatoms. The first-order chi connectivity index (χ1) is 17.0. The van der Waals surface area contributed by atoms with Gasteiger partial charge in [0.1, 0.15) is 28.6 Å². The minimum Gasteiger partial charge on any atom is -0.438 e. The van der Waals surface area contributed by atoms with Crippen molar-refractivity contribution in [1.29, 1.82) is 5.26 Å². The van der Waals surface area contributed by atoms with E-state index in [-0.39, 0.29) is 23.6 Å². The monoisotopic (exact) mass is 464 g/mol. The zero-order chi connectivity index (χ0) is 24.8. The van der Waals surface area contributed by atoms with Crippen molar-refractivity contribution in [1.82, 2.24) is 14.7 Å². The number of benzene rings is 2. The number of hydrogen-bond acceptors (Lipinski definition) is 5. The molecule has 2 heterocycles. The molecule has 7 nitrogen and oxygen atoms in total. The molecule has 4 rings (SSSR count). The second-order valence-corrected chi connectivity index (χ2v) is 7.96. The Morgan fingerprint density at radius 1 is 1.09 bits per heavy atom. The molecular weight excluding hydrogens is 440 g/mol. The van der Waals surface area contributed by atoms with Crippen LogP contribution in [0.25, 0.3) is 11.7 Å². The SMILES string of the molecule is CCc1ccc(Oc2nc3c(C)cccn3c(=O)c2C=C(C#N)C(=O)NCc2ccccc2)cc1. The predicted molar refractivity (Wildman–Crippen MR) is 134 cm³/mol. The third kappa shape index (κ3) is 5.28. The standard InChI is InChI=1S/C28H24N4O3/c1-3-20-11-13-23(14-12-20)35-27-24(28(34)32-15-7-8-19(2)25(32)31-27)16-22(17-29)26(33)30-18-21-9-5-4-6-10-21/h4-16H,3,18H2,1-2H3,(H,30,33). The summed E-state index contributed by atoms with van der Waals surface area (Å²) < 4.78 is 7.38. The van der Waals surface area contributed by atoms with Gasteiger partial charge in [0, 0.05) is 12.7 Å². The highest BCUT2D eigenvalue weighted by molar-refractivity contribution is 6.01. The molecule has 0 bridgehead atoms. The summed E-state index contributed by atoms with van der Waals surface area (Å²) in [5.41, 5.74) is 2.59. The van der Waals surface area contributed by atoms with E-state index in [1.807, 2.05) is 61.5 Å². The van der Waals surface area contributed by atoms with E-state index in [1.165, 1.54) is 10.5 Å². The second-order valence-electron chi connectivity index (χ2n) is 7.96. The molecule has 0 radical (unpaired) electrons. The van der Waals surface area contributed by atoms with Crippen LogP contribution in [-0.2, 0) is 17.8 Å². The predicted octanol–water partition coefficient (Wildman–Crippen LogP) is 4.58. The van der Waals surface area contributed by atoms with Crippen LogP contribution in [0.2, 0.25) is 0 Å². The summed E-state index contributed by atoms with van der Waals surface area (Å²) in [5.74, 6) is -0.0748. The number of rotatable bonds is 7. The molecule has 1 N–H and O–H groups in total. The van der Waals surface area contributed by atoms with Crippen LogP contribution in [0.1, 0.15) is 29.2 Å². The Balaban J connectivity index is 1.76. The van der Waals surface area contributed by atoms with Crippen LogP contribution >= 0.6 is 0 Å². The van der Waals surface area contributed by atoms with Gasteiger partial charge in [-0.2, -0.15) is 10.2 Å². The van der Waals surface area contributed by atoms with Crippen molar-refractivity contribution < 1.29 is 9.53 Å². The van der Waals surface area contributed by atoms with Crippen molar-refractivity contribution in [3.8, 4) is 17.7 Å². The number of aryl methyl sites for hydroxylation is 2. The number of nitriles is 1. The number of amides is 1. The summed E-state index contributed by atoms with van der Waals surface area (Å²) in [5, 5.41) is 12.4. The summed E-state index contributed by atoms with van der Waals surface area (Å²) in [6, 6.07) is 22.3. The Morgan fingerprint density at radius 3 is 2.51 bits per heavy atom. The molecule has 2 aromatic carbocycles. The first kappa shape index (κ1) is 23.5. The first-order valence-corrected chi connectivity index (χ1v) is 11.2. The van der Waals surface area contributed by atoms with Crippen LogP contribution in [0.5, 0.6) is 11.6 Å². The number of carbonyl (C=O) groups excluding carboxylic acids is 1. The molecule has 0 saturated carbocycles. The minimum absolute atomic E-state index is 0.0130. The molecule has 1 amide bonds. The van der Waals surface area contributed by atoms with Gasteiger partial charge in [-0.3, -0.25) is 14.0 Å². The zero-order valence-corrected chi connectivity index (χ0v) is 19.5. The maximum atomic E-state index is 13.4. The van der Waals surface area contributed by atoms with Crippen molar-refractivity contribution >= 4 is 17.6 Å². The fourth-order valence-electron chi connectivity index (χ4n) is 3.56. The van der Waals surface area contributed by atoms with Gasteiger partial charge < -0.3 is 10.1 Å². The van der Waals surface area contributed by atoms with E-state index in [4.69, 9.17) is 4.74 Å². The molecule has 0 spiro atoms. The van der Waals surface area contributed by atoms with Crippen LogP contribution in [0.4, 0.5) is 0 Å². The van der Waals surface area contributed by atoms with Gasteiger partial charge in [-0.1, -0.05) is 55.5 Å². The molecule has 0 aliphatic carbocycles. The van der Waals surface area contributed by atoms with E-state index < -0.39 is 11.5 Å². The molecule has 35 heavy (non-hydrogen) atoms. The minimum atomic E-state index is -0.594. The number of pyridine rings is 1. The van der Waals surface area contributed by atoms with Gasteiger partial charge in [0.2, 0.25) is 5.88 Å². The Morgan fingerprint density at radius 2 is 1.83 bits per heavy atom. The molecule has 2 aromatic heterocycles. The average Bonchev–Trinajstić information content (AvgIpc) is 2.89. The van der Waals surface area contributed by atoms with Gasteiger partial charge in [-0.25, -0.2) is 0 Å². The molecule has 0 fully saturated rings. The van der Waals surface area contributed by atoms with E-state index in [0.29, 0.717) is 11.4 Å². The molecule has 0 atom stereocenters. The van der Waals surface area contributed by atoms with Gasteiger partial charge >= 0.3 is 0 Å². The van der Waals surface area contributed by atoms with Crippen LogP contribution in [0.15, 0.2) is 83.3 Å². The lowest BCUT2D eigenvalue weighted by Crippen LogP contribution is -2.25. The van der Waals surface area contributed by atoms with Gasteiger partial charge in [-0.05, 0) is 54.3 Å². The highest BCUT2D eigenvalue weighted by Crippen LogP contribution is 2.25. The summed E-state index contributed by atoms with van der Waals surface area (Å²) in [4.78, 5) is 30.7. The molecule has 0 saturated heterocycles. The molecule has 174 valence electrons. The first-order valence-electron chi connectivity index (χ1n) is 11.2. The number of aromatic nitrogens is 2. The van der Waals surface area contributed by atoms with Crippen LogP contribution < -0.4 is 15.6 Å². The number of carbonyl (C=O) groups is 1. The fraction of sp³-hybridized carbons (Fsp3) is 0.143. The Hall–Kier alpha value is -4.70. The molecule has 0 aliphatic rings. The van der Waals surface area contributed by atoms with Crippen molar-refractivity contribution in [2.75, 3.05) is 0 Å². The van der Waals surface area contributed by atoms with Gasteiger partial charge in [-0.15, -0.1) is 0 Å². The largest absolute Gasteiger partial charge is 0.438 e. The number of nitrogens with zero attached hydrogens (tertiary/aromatic N) is 3. The molecule has 0 aliphatic heterocycles. The second kappa shape index (κ2) is 10.5. The smallest absolute Gasteiger partial charge is 0.269 e. The number of nitrogens with one attached hydrogen (secondary N) is 1. The maximum Gasteiger partial charge on any atom is 0.269 e. The quantitative estimate of drug-likeness (QED) is 0.319. The normalized spacial score (nSPS) is 11.2. The van der Waals surface area contributed by atoms with E-state index in [0.717, 1.165) is 23.1 Å². The number of hydrogen-bond donors (Lipinski definition) is 1. The molecular formula is C28H24N4O3. The number of fused-ring (bicyclic) bond motifs is 1. The lowest BCUT2D eigenvalue weighted by Gasteiger charge is -2.12. The van der Waals surface area contributed by atoms with Crippen LogP contribution in [0, 0.1) is 18.3 Å². The summed E-state index contributed by atoms with van der Waals surface area (Å²) in [6.45, 7) is 4.15. The Bertz CT molecular complexity index is 1500. The fourth-order valence-corrected chi connectivity index (χ4v) is 3.56. The summed E-state index contributed by atoms with van der Waals surface area (Å²) in [6.07, 6.45) is 3.71. The van der Waals surface area contributed by atoms with Crippen molar-refractivity contribution in [2.24, 2.45) is 0 Å². The van der Waals surface area contributed by atoms with Crippen molar-refractivity contribution in [3.05, 3.63) is 111 Å². The highest BCUT2D eigenvalue weighted by atomic mass is 16.5. The van der Waals surface area contributed by atoms with Crippen molar-refractivity contribution in [3.63, 3.8) is 0 Å². The third-order valence-electron chi connectivity index (χ3n) is 5.55. The Labute approximate surface area is 203 Å². The maximum absolute atomic E-state index is 13.4. The van der Waals surface area contributed by atoms with Crippen LogP contribution in [0.3, 0.4) is 0 Å². The topological polar surface area (TPSA) is 96.5 Å². The van der Waals surface area contributed by atoms with E-state index in [9.17, 15) is 14.9 Å². The average molecular weight is 465 g/mol.